The second-order valence-electron chi connectivity index (χ2n) is 5.83. The van der Waals surface area contributed by atoms with E-state index in [9.17, 15) is 0 Å². The van der Waals surface area contributed by atoms with Crippen molar-refractivity contribution >= 4 is 16.7 Å². The third-order valence-electron chi connectivity index (χ3n) is 3.91. The molecule has 1 atom stereocenters. The van der Waals surface area contributed by atoms with Crippen molar-refractivity contribution in [3.63, 3.8) is 0 Å². The van der Waals surface area contributed by atoms with Crippen molar-refractivity contribution in [3.8, 4) is 0 Å². The Balaban J connectivity index is 1.91. The summed E-state index contributed by atoms with van der Waals surface area (Å²) in [7, 11) is 0. The van der Waals surface area contributed by atoms with Gasteiger partial charge in [-0.3, -0.25) is 0 Å². The molecule has 3 aromatic rings. The van der Waals surface area contributed by atoms with Crippen molar-refractivity contribution in [1.29, 1.82) is 0 Å². The lowest BCUT2D eigenvalue weighted by molar-refractivity contribution is 0.526. The number of aryl methyl sites for hydroxylation is 3. The summed E-state index contributed by atoms with van der Waals surface area (Å²) >= 11 is 0. The van der Waals surface area contributed by atoms with Crippen molar-refractivity contribution in [2.24, 2.45) is 0 Å². The van der Waals surface area contributed by atoms with Gasteiger partial charge in [-0.05, 0) is 51.0 Å². The highest BCUT2D eigenvalue weighted by molar-refractivity contribution is 5.78. The fourth-order valence-electron chi connectivity index (χ4n) is 2.91. The Labute approximate surface area is 125 Å². The van der Waals surface area contributed by atoms with Gasteiger partial charge in [-0.1, -0.05) is 35.9 Å². The zero-order valence-electron chi connectivity index (χ0n) is 13.0. The molecule has 2 aromatic carbocycles. The first-order valence-corrected chi connectivity index (χ1v) is 7.37. The molecule has 0 radical (unpaired) electrons. The van der Waals surface area contributed by atoms with E-state index in [0.717, 1.165) is 16.7 Å². The van der Waals surface area contributed by atoms with Crippen LogP contribution in [0.3, 0.4) is 0 Å². The lowest BCUT2D eigenvalue weighted by Crippen LogP contribution is -2.08. The minimum atomic E-state index is 0.137. The van der Waals surface area contributed by atoms with E-state index in [0.29, 0.717) is 0 Å². The van der Waals surface area contributed by atoms with Crippen molar-refractivity contribution in [3.05, 3.63) is 64.9 Å². The van der Waals surface area contributed by atoms with Crippen LogP contribution in [-0.2, 0) is 0 Å². The van der Waals surface area contributed by atoms with E-state index in [1.165, 1.54) is 22.4 Å². The van der Waals surface area contributed by atoms with Gasteiger partial charge in [0.05, 0.1) is 6.04 Å². The van der Waals surface area contributed by atoms with Crippen LogP contribution in [0.15, 0.2) is 46.9 Å². The van der Waals surface area contributed by atoms with E-state index in [1.54, 1.807) is 0 Å². The normalized spacial score (nSPS) is 12.6. The molecule has 21 heavy (non-hydrogen) atoms. The van der Waals surface area contributed by atoms with E-state index in [1.807, 2.05) is 18.2 Å². The summed E-state index contributed by atoms with van der Waals surface area (Å²) in [5, 5.41) is 4.74. The number of nitrogens with one attached hydrogen (secondary N) is 1. The van der Waals surface area contributed by atoms with Crippen LogP contribution in [0.2, 0.25) is 0 Å². The number of hydrogen-bond acceptors (Lipinski definition) is 2. The topological polar surface area (TPSA) is 25.2 Å². The predicted molar refractivity (Wildman–Crippen MR) is 88.9 cm³/mol. The number of benzene rings is 2. The SMILES string of the molecule is Cc1cc(C)c(NC(C)c2cc3ccccc3o2)c(C)c1. The second-order valence-corrected chi connectivity index (χ2v) is 5.83. The van der Waals surface area contributed by atoms with Gasteiger partial charge >= 0.3 is 0 Å². The molecular formula is C19H21NO. The zero-order valence-corrected chi connectivity index (χ0v) is 13.0. The molecule has 3 rings (SSSR count). The summed E-state index contributed by atoms with van der Waals surface area (Å²) in [5.41, 5.74) is 5.99. The standard InChI is InChI=1S/C19H21NO/c1-12-9-13(2)19(14(3)10-12)20-15(4)18-11-16-7-5-6-8-17(16)21-18/h5-11,15,20H,1-4H3. The molecule has 1 N–H and O–H groups in total. The Bertz CT molecular complexity index is 729. The quantitative estimate of drug-likeness (QED) is 0.681. The maximum absolute atomic E-state index is 5.94. The van der Waals surface area contributed by atoms with E-state index in [4.69, 9.17) is 4.42 Å². The molecular weight excluding hydrogens is 258 g/mol. The first-order chi connectivity index (χ1) is 10.0. The summed E-state index contributed by atoms with van der Waals surface area (Å²) in [5.74, 6) is 0.968. The van der Waals surface area contributed by atoms with Crippen LogP contribution in [0.1, 0.15) is 35.4 Å². The monoisotopic (exact) mass is 279 g/mol. The molecule has 2 nitrogen and oxygen atoms in total. The number of anilines is 1. The van der Waals surface area contributed by atoms with Crippen LogP contribution in [0.4, 0.5) is 5.69 Å². The zero-order chi connectivity index (χ0) is 15.0. The van der Waals surface area contributed by atoms with Crippen LogP contribution in [0, 0.1) is 20.8 Å². The fourth-order valence-corrected chi connectivity index (χ4v) is 2.91. The highest BCUT2D eigenvalue weighted by Crippen LogP contribution is 2.29. The van der Waals surface area contributed by atoms with Crippen LogP contribution < -0.4 is 5.32 Å². The number of para-hydroxylation sites is 1. The molecule has 1 unspecified atom stereocenters. The molecule has 0 aliphatic rings. The highest BCUT2D eigenvalue weighted by Gasteiger charge is 2.13. The van der Waals surface area contributed by atoms with E-state index < -0.39 is 0 Å². The minimum absolute atomic E-state index is 0.137. The van der Waals surface area contributed by atoms with Gasteiger partial charge in [-0.15, -0.1) is 0 Å². The van der Waals surface area contributed by atoms with Crippen molar-refractivity contribution in [1.82, 2.24) is 0 Å². The smallest absolute Gasteiger partial charge is 0.134 e. The van der Waals surface area contributed by atoms with Crippen LogP contribution in [-0.4, -0.2) is 0 Å². The van der Waals surface area contributed by atoms with Gasteiger partial charge in [0.1, 0.15) is 11.3 Å². The van der Waals surface area contributed by atoms with Crippen LogP contribution >= 0.6 is 0 Å². The third-order valence-corrected chi connectivity index (χ3v) is 3.91. The molecule has 108 valence electrons. The van der Waals surface area contributed by atoms with Gasteiger partial charge in [0.2, 0.25) is 0 Å². The van der Waals surface area contributed by atoms with E-state index >= 15 is 0 Å². The van der Waals surface area contributed by atoms with Gasteiger partial charge in [0.25, 0.3) is 0 Å². The average molecular weight is 279 g/mol. The summed E-state index contributed by atoms with van der Waals surface area (Å²) < 4.78 is 5.94. The third kappa shape index (κ3) is 2.66. The number of rotatable bonds is 3. The van der Waals surface area contributed by atoms with Crippen LogP contribution in [0.25, 0.3) is 11.0 Å². The molecule has 0 bridgehead atoms. The fraction of sp³-hybridized carbons (Fsp3) is 0.263. The highest BCUT2D eigenvalue weighted by atomic mass is 16.3. The summed E-state index contributed by atoms with van der Waals surface area (Å²) in [6, 6.07) is 14.8. The molecule has 1 aromatic heterocycles. The Morgan fingerprint density at radius 1 is 0.952 bits per heavy atom. The Morgan fingerprint density at radius 3 is 2.29 bits per heavy atom. The Kier molecular flexibility index (Phi) is 3.46. The van der Waals surface area contributed by atoms with E-state index in [2.05, 4.69) is 57.3 Å². The lowest BCUT2D eigenvalue weighted by atomic mass is 10.0. The first kappa shape index (κ1) is 13.7. The van der Waals surface area contributed by atoms with Crippen molar-refractivity contribution < 1.29 is 4.42 Å². The van der Waals surface area contributed by atoms with Gasteiger partial charge in [-0.25, -0.2) is 0 Å². The number of furan rings is 1. The van der Waals surface area contributed by atoms with Gasteiger partial charge in [0, 0.05) is 11.1 Å². The maximum atomic E-state index is 5.94. The van der Waals surface area contributed by atoms with Gasteiger partial charge < -0.3 is 9.73 Å². The molecule has 0 amide bonds. The maximum Gasteiger partial charge on any atom is 0.134 e. The summed E-state index contributed by atoms with van der Waals surface area (Å²) in [6.07, 6.45) is 0. The Hall–Kier alpha value is -2.22. The van der Waals surface area contributed by atoms with Gasteiger partial charge in [-0.2, -0.15) is 0 Å². The second kappa shape index (κ2) is 5.28. The van der Waals surface area contributed by atoms with Gasteiger partial charge in [0.15, 0.2) is 0 Å². The summed E-state index contributed by atoms with van der Waals surface area (Å²) in [4.78, 5) is 0. The van der Waals surface area contributed by atoms with Crippen molar-refractivity contribution in [2.45, 2.75) is 33.7 Å². The van der Waals surface area contributed by atoms with Crippen LogP contribution in [0.5, 0.6) is 0 Å². The molecule has 0 fully saturated rings. The molecule has 0 aliphatic heterocycles. The van der Waals surface area contributed by atoms with E-state index in [-0.39, 0.29) is 6.04 Å². The van der Waals surface area contributed by atoms with Crippen molar-refractivity contribution in [2.75, 3.05) is 5.32 Å². The number of fused-ring (bicyclic) bond motifs is 1. The Morgan fingerprint density at radius 2 is 1.62 bits per heavy atom. The molecule has 0 aliphatic carbocycles. The minimum Gasteiger partial charge on any atom is -0.459 e. The average Bonchev–Trinajstić information content (AvgIpc) is 2.86. The number of hydrogen-bond donors (Lipinski definition) is 1. The lowest BCUT2D eigenvalue weighted by Gasteiger charge is -2.18. The largest absolute Gasteiger partial charge is 0.459 e. The summed E-state index contributed by atoms with van der Waals surface area (Å²) in [6.45, 7) is 8.56. The molecule has 0 saturated heterocycles. The molecule has 1 heterocycles. The molecule has 0 saturated carbocycles. The predicted octanol–water partition coefficient (Wildman–Crippen LogP) is 5.53. The molecule has 0 spiro atoms. The molecule has 2 heteroatoms. The first-order valence-electron chi connectivity index (χ1n) is 7.37.